The molecule has 0 radical (unpaired) electrons. The molecular formula is C12H15NO3S. The van der Waals surface area contributed by atoms with E-state index in [9.17, 15) is 15.0 Å². The van der Waals surface area contributed by atoms with Gasteiger partial charge in [0.1, 0.15) is 0 Å². The Bertz CT molecular complexity index is 404. The number of carbonyl (C=O) groups is 1. The van der Waals surface area contributed by atoms with Crippen LogP contribution in [0, 0.1) is 5.92 Å². The van der Waals surface area contributed by atoms with Crippen LogP contribution in [0.5, 0.6) is 0 Å². The molecule has 0 saturated carbocycles. The van der Waals surface area contributed by atoms with E-state index in [1.165, 1.54) is 17.8 Å². The monoisotopic (exact) mass is 253 g/mol. The molecule has 2 unspecified atom stereocenters. The van der Waals surface area contributed by atoms with E-state index in [0.29, 0.717) is 6.42 Å². The Morgan fingerprint density at radius 1 is 1.47 bits per heavy atom. The van der Waals surface area contributed by atoms with Crippen LogP contribution in [0.4, 0.5) is 0 Å². The van der Waals surface area contributed by atoms with Crippen LogP contribution < -0.4 is 5.32 Å². The maximum absolute atomic E-state index is 12.1. The van der Waals surface area contributed by atoms with Crippen LogP contribution in [0.3, 0.4) is 0 Å². The molecule has 0 bridgehead atoms. The van der Waals surface area contributed by atoms with E-state index in [1.807, 2.05) is 0 Å². The van der Waals surface area contributed by atoms with Crippen LogP contribution in [-0.2, 0) is 4.79 Å². The fourth-order valence-electron chi connectivity index (χ4n) is 2.13. The lowest BCUT2D eigenvalue weighted by atomic mass is 9.83. The van der Waals surface area contributed by atoms with Crippen LogP contribution in [0.1, 0.15) is 13.3 Å². The maximum atomic E-state index is 12.1. The van der Waals surface area contributed by atoms with Crippen molar-refractivity contribution in [3.63, 3.8) is 0 Å². The second kappa shape index (κ2) is 4.33. The molecule has 3 N–H and O–H groups in total. The minimum atomic E-state index is -2.01. The van der Waals surface area contributed by atoms with Crippen molar-refractivity contribution in [3.8, 4) is 0 Å². The molecule has 2 atom stereocenters. The number of ketones is 1. The van der Waals surface area contributed by atoms with E-state index in [0.717, 1.165) is 0 Å². The summed E-state index contributed by atoms with van der Waals surface area (Å²) in [4.78, 5) is 11.1. The molecule has 0 spiro atoms. The van der Waals surface area contributed by atoms with E-state index in [1.54, 1.807) is 36.8 Å². The van der Waals surface area contributed by atoms with Crippen molar-refractivity contribution in [2.24, 2.45) is 5.92 Å². The Hall–Kier alpha value is -1.04. The second-order valence-corrected chi connectivity index (χ2v) is 5.23. The molecule has 0 aromatic rings. The quantitative estimate of drug-likeness (QED) is 0.652. The van der Waals surface area contributed by atoms with Gasteiger partial charge in [-0.05, 0) is 11.5 Å². The maximum Gasteiger partial charge on any atom is 0.193 e. The smallest absolute Gasteiger partial charge is 0.193 e. The molecule has 92 valence electrons. The van der Waals surface area contributed by atoms with Crippen molar-refractivity contribution < 1.29 is 15.0 Å². The van der Waals surface area contributed by atoms with Crippen molar-refractivity contribution in [2.75, 3.05) is 0 Å². The molecule has 0 aromatic carbocycles. The van der Waals surface area contributed by atoms with E-state index in [4.69, 9.17) is 0 Å². The van der Waals surface area contributed by atoms with E-state index < -0.39 is 16.6 Å². The van der Waals surface area contributed by atoms with Gasteiger partial charge in [-0.25, -0.2) is 0 Å². The molecule has 17 heavy (non-hydrogen) atoms. The van der Waals surface area contributed by atoms with Gasteiger partial charge in [0, 0.05) is 12.6 Å². The van der Waals surface area contributed by atoms with E-state index in [-0.39, 0.29) is 5.78 Å². The van der Waals surface area contributed by atoms with Gasteiger partial charge < -0.3 is 15.5 Å². The first kappa shape index (κ1) is 12.4. The third-order valence-electron chi connectivity index (χ3n) is 3.01. The van der Waals surface area contributed by atoms with Crippen molar-refractivity contribution in [2.45, 2.75) is 24.0 Å². The zero-order chi connectivity index (χ0) is 12.5. The van der Waals surface area contributed by atoms with Gasteiger partial charge in [0.2, 0.25) is 0 Å². The fraction of sp³-hybridized carbons (Fsp3) is 0.417. The fourth-order valence-corrected chi connectivity index (χ4v) is 3.29. The highest BCUT2D eigenvalue weighted by Crippen LogP contribution is 2.43. The molecule has 5 heteroatoms. The van der Waals surface area contributed by atoms with Crippen LogP contribution in [0.15, 0.2) is 35.9 Å². The number of nitrogens with one attached hydrogen (secondary N) is 1. The molecular weight excluding hydrogens is 238 g/mol. The summed E-state index contributed by atoms with van der Waals surface area (Å²) in [5.41, 5.74) is 0. The predicted molar refractivity (Wildman–Crippen MR) is 66.8 cm³/mol. The minimum absolute atomic E-state index is 0.0510. The summed E-state index contributed by atoms with van der Waals surface area (Å²) in [6.07, 6.45) is 8.24. The van der Waals surface area contributed by atoms with Gasteiger partial charge in [-0.2, -0.15) is 0 Å². The van der Waals surface area contributed by atoms with Gasteiger partial charge in [-0.15, -0.1) is 0 Å². The summed E-state index contributed by atoms with van der Waals surface area (Å²) >= 11 is 1.28. The number of hydrogen-bond donors (Lipinski definition) is 3. The highest BCUT2D eigenvalue weighted by atomic mass is 32.2. The van der Waals surface area contributed by atoms with Crippen molar-refractivity contribution >= 4 is 17.5 Å². The van der Waals surface area contributed by atoms with Gasteiger partial charge in [-0.1, -0.05) is 36.9 Å². The van der Waals surface area contributed by atoms with E-state index >= 15 is 0 Å². The Morgan fingerprint density at radius 3 is 2.76 bits per heavy atom. The first-order valence-corrected chi connectivity index (χ1v) is 6.35. The summed E-state index contributed by atoms with van der Waals surface area (Å²) in [5, 5.41) is 24.7. The van der Waals surface area contributed by atoms with Gasteiger partial charge in [0.05, 0.1) is 5.92 Å². The van der Waals surface area contributed by atoms with Crippen molar-refractivity contribution in [3.05, 3.63) is 35.9 Å². The predicted octanol–water partition coefficient (Wildman–Crippen LogP) is 0.892. The Balaban J connectivity index is 2.38. The Kier molecular flexibility index (Phi) is 3.16. The number of aliphatic hydroxyl groups is 2. The summed E-state index contributed by atoms with van der Waals surface area (Å²) in [6, 6.07) is 0. The molecule has 2 rings (SSSR count). The van der Waals surface area contributed by atoms with E-state index in [2.05, 4.69) is 5.32 Å². The molecule has 0 amide bonds. The molecule has 1 aliphatic heterocycles. The van der Waals surface area contributed by atoms with Crippen molar-refractivity contribution in [1.29, 1.82) is 0 Å². The van der Waals surface area contributed by atoms with Crippen molar-refractivity contribution in [1.82, 2.24) is 5.32 Å². The molecule has 0 fully saturated rings. The molecule has 1 aliphatic carbocycles. The third kappa shape index (κ3) is 1.94. The lowest BCUT2D eigenvalue weighted by Gasteiger charge is -2.40. The highest BCUT2D eigenvalue weighted by Gasteiger charge is 2.53. The number of thioether (sulfide) groups is 1. The number of allylic oxidation sites excluding steroid dienone is 2. The Morgan fingerprint density at radius 2 is 2.24 bits per heavy atom. The zero-order valence-electron chi connectivity index (χ0n) is 9.46. The molecule has 2 aliphatic rings. The molecule has 1 heterocycles. The average molecular weight is 253 g/mol. The largest absolute Gasteiger partial charge is 0.369 e. The van der Waals surface area contributed by atoms with Gasteiger partial charge in [0.25, 0.3) is 0 Å². The zero-order valence-corrected chi connectivity index (χ0v) is 10.3. The number of carbonyl (C=O) groups excluding carboxylic acids is 1. The first-order valence-electron chi connectivity index (χ1n) is 5.47. The van der Waals surface area contributed by atoms with Crippen LogP contribution in [-0.4, -0.2) is 26.7 Å². The average Bonchev–Trinajstić information content (AvgIpc) is 2.77. The van der Waals surface area contributed by atoms with Gasteiger partial charge >= 0.3 is 0 Å². The summed E-state index contributed by atoms with van der Waals surface area (Å²) < 4.78 is 0. The SMILES string of the molecule is CCC(=O)C1(C2C=CC=CC2(O)O)NC=CS1. The van der Waals surface area contributed by atoms with Gasteiger partial charge in [0.15, 0.2) is 16.4 Å². The molecule has 4 nitrogen and oxygen atoms in total. The normalized spacial score (nSPS) is 33.7. The highest BCUT2D eigenvalue weighted by molar-refractivity contribution is 8.04. The Labute approximate surface area is 104 Å². The minimum Gasteiger partial charge on any atom is -0.369 e. The third-order valence-corrected chi connectivity index (χ3v) is 4.25. The van der Waals surface area contributed by atoms with Crippen LogP contribution >= 0.6 is 11.8 Å². The summed E-state index contributed by atoms with van der Waals surface area (Å²) in [5.74, 6) is -2.77. The molecule has 0 aromatic heterocycles. The second-order valence-electron chi connectivity index (χ2n) is 4.08. The number of Topliss-reactive ketones (excluding diaryl/α,β-unsaturated/α-hetero) is 1. The summed E-state index contributed by atoms with van der Waals surface area (Å²) in [6.45, 7) is 1.77. The first-order chi connectivity index (χ1) is 8.03. The van der Waals surface area contributed by atoms with Gasteiger partial charge in [-0.3, -0.25) is 4.79 Å². The molecule has 0 saturated heterocycles. The summed E-state index contributed by atoms with van der Waals surface area (Å²) in [7, 11) is 0. The van der Waals surface area contributed by atoms with Crippen LogP contribution in [0.25, 0.3) is 0 Å². The topological polar surface area (TPSA) is 69.6 Å². The lowest BCUT2D eigenvalue weighted by molar-refractivity contribution is -0.163. The lowest BCUT2D eigenvalue weighted by Crippen LogP contribution is -2.58. The number of rotatable bonds is 3. The number of hydrogen-bond acceptors (Lipinski definition) is 5. The standard InChI is InChI=1S/C12H15NO3S/c1-2-10(14)12(13-7-8-17-12)9-5-3-4-6-11(9,15)16/h3-9,13,15-16H,2H2,1H3. The van der Waals surface area contributed by atoms with Crippen LogP contribution in [0.2, 0.25) is 0 Å².